The molecule has 2 saturated heterocycles. The van der Waals surface area contributed by atoms with Gasteiger partial charge in [-0.25, -0.2) is 4.39 Å². The molecule has 22 nitrogen and oxygen atoms in total. The fourth-order valence-electron chi connectivity index (χ4n) is 14.5. The summed E-state index contributed by atoms with van der Waals surface area (Å²) < 4.78 is 56.3. The van der Waals surface area contributed by atoms with E-state index in [4.69, 9.17) is 11.6 Å². The monoisotopic (exact) mass is 1310 g/mol. The summed E-state index contributed by atoms with van der Waals surface area (Å²) in [5, 5.41) is 10.4. The maximum atomic E-state index is 15.2. The van der Waals surface area contributed by atoms with Gasteiger partial charge in [0.05, 0.1) is 19.0 Å². The van der Waals surface area contributed by atoms with E-state index >= 15 is 9.59 Å². The van der Waals surface area contributed by atoms with Crippen LogP contribution in [0.2, 0.25) is 0 Å². The highest BCUT2D eigenvalue weighted by Crippen LogP contribution is 2.44. The lowest BCUT2D eigenvalue weighted by molar-refractivity contribution is -0.182. The number of amides is 11. The van der Waals surface area contributed by atoms with Crippen molar-refractivity contribution >= 4 is 76.6 Å². The van der Waals surface area contributed by atoms with Gasteiger partial charge in [0.25, 0.3) is 0 Å². The summed E-state index contributed by atoms with van der Waals surface area (Å²) in [7, 11) is 8.43. The van der Waals surface area contributed by atoms with E-state index in [9.17, 15) is 60.7 Å². The number of alkyl halides is 5. The van der Waals surface area contributed by atoms with E-state index in [-0.39, 0.29) is 101 Å². The Labute approximate surface area is 539 Å². The Morgan fingerprint density at radius 2 is 1.20 bits per heavy atom. The smallest absolute Gasteiger partial charge is 0.351 e. The van der Waals surface area contributed by atoms with E-state index in [1.54, 1.807) is 13.8 Å². The molecule has 6 rings (SSSR count). The normalized spacial score (nSPS) is 32.9. The van der Waals surface area contributed by atoms with Gasteiger partial charge in [-0.2, -0.15) is 13.2 Å². The number of hydrogen-bond donors (Lipinski definition) is 4. The van der Waals surface area contributed by atoms with Gasteiger partial charge in [0.2, 0.25) is 65.0 Å². The summed E-state index contributed by atoms with van der Waals surface area (Å²) in [5.74, 6) is -9.91. The van der Waals surface area contributed by atoms with E-state index in [1.165, 1.54) is 75.7 Å². The molecule has 0 radical (unpaired) electrons. The number of fused-ring (bicyclic) bond motifs is 1. The Hall–Kier alpha value is -5.82. The van der Waals surface area contributed by atoms with Crippen LogP contribution in [-0.2, 0) is 52.7 Å². The Kier molecular flexibility index (Phi) is 26.4. The summed E-state index contributed by atoms with van der Waals surface area (Å²) in [4.78, 5) is 168. The van der Waals surface area contributed by atoms with E-state index in [2.05, 4.69) is 21.3 Å². The van der Waals surface area contributed by atoms with Gasteiger partial charge in [-0.3, -0.25) is 52.7 Å². The molecule has 4 N–H and O–H groups in total. The number of carbonyl (C=O) groups excluding carboxylic acids is 11. The van der Waals surface area contributed by atoms with E-state index in [0.29, 0.717) is 51.4 Å². The fraction of sp³-hybridized carbons (Fsp3) is 0.828. The largest absolute Gasteiger partial charge is 0.393 e. The molecule has 0 bridgehead atoms. The second-order valence-corrected chi connectivity index (χ2v) is 28.0. The number of hydrogen-bond acceptors (Lipinski definition) is 11. The molecule has 1 spiro atoms. The molecule has 4 aliphatic carbocycles. The molecule has 4 saturated carbocycles. The highest BCUT2D eigenvalue weighted by molar-refractivity contribution is 6.20. The molecule has 11 amide bonds. The van der Waals surface area contributed by atoms with Crippen molar-refractivity contribution in [2.24, 2.45) is 29.6 Å². The predicted molar refractivity (Wildman–Crippen MR) is 332 cm³/mol. The number of likely N-dealkylation sites (N-methyl/N-ethyl adjacent to an activating group) is 6. The molecule has 6 aliphatic rings. The van der Waals surface area contributed by atoms with Crippen molar-refractivity contribution < 1.29 is 70.3 Å². The Morgan fingerprint density at radius 1 is 0.604 bits per heavy atom. The zero-order valence-corrected chi connectivity index (χ0v) is 56.1. The highest BCUT2D eigenvalue weighted by Gasteiger charge is 2.51. The minimum atomic E-state index is -4.51. The van der Waals surface area contributed by atoms with Gasteiger partial charge in [-0.15, -0.1) is 11.6 Å². The lowest BCUT2D eigenvalue weighted by atomic mass is 9.78. The molecule has 12 atom stereocenters. The number of rotatable bonds is 8. The summed E-state index contributed by atoms with van der Waals surface area (Å²) in [6, 6.07) is -9.08. The van der Waals surface area contributed by atoms with Gasteiger partial charge in [0.1, 0.15) is 54.0 Å². The van der Waals surface area contributed by atoms with Crippen LogP contribution in [0.3, 0.4) is 0 Å². The molecule has 0 aromatic carbocycles. The molecular weight excluding hydrogens is 1210 g/mol. The van der Waals surface area contributed by atoms with E-state index in [1.807, 2.05) is 6.92 Å². The predicted octanol–water partition coefficient (Wildman–Crippen LogP) is 5.07. The molecule has 2 heterocycles. The van der Waals surface area contributed by atoms with E-state index in [0.717, 1.165) is 27.5 Å². The first-order valence-corrected chi connectivity index (χ1v) is 33.6. The molecule has 0 aromatic heterocycles. The summed E-state index contributed by atoms with van der Waals surface area (Å²) >= 11 is 6.37. The highest BCUT2D eigenvalue weighted by atomic mass is 35.5. The van der Waals surface area contributed by atoms with Crippen molar-refractivity contribution in [3.8, 4) is 0 Å². The van der Waals surface area contributed by atoms with Crippen LogP contribution in [0.4, 0.5) is 17.6 Å². The Balaban J connectivity index is 1.35. The zero-order valence-electron chi connectivity index (χ0n) is 55.3. The average Bonchev–Trinajstić information content (AvgIpc) is 1.80. The van der Waals surface area contributed by atoms with Crippen LogP contribution in [0.25, 0.3) is 0 Å². The third kappa shape index (κ3) is 18.5. The van der Waals surface area contributed by atoms with Crippen molar-refractivity contribution in [2.75, 3.05) is 61.9 Å². The topological polar surface area (TPSA) is 259 Å². The molecule has 2 aliphatic heterocycles. The van der Waals surface area contributed by atoms with Crippen LogP contribution < -0.4 is 21.3 Å². The molecule has 3 unspecified atom stereocenters. The van der Waals surface area contributed by atoms with Crippen LogP contribution in [0.5, 0.6) is 0 Å². The molecule has 0 aromatic rings. The van der Waals surface area contributed by atoms with Crippen molar-refractivity contribution in [3.63, 3.8) is 0 Å². The second-order valence-electron chi connectivity index (χ2n) is 27.5. The Bertz CT molecular complexity index is 2620. The standard InChI is InChI=1S/C64H102ClF4N11O11/c1-12-37(2)53-61(90)75(7)35-51(82)74(6)36-52(83)78(10)49(34-42-21-25-44(66)26-22-42)60(89)77(9)40(5)55(84)71-47(28-24-41-23-27-45(46(65)33-41)64(67,68)69)59(88)80-31-17-20-48(80)57(86)73-63(29-15-16-30-63)62(91)79(11)54(43-18-13-14-19-43)58(87)70-38(3)32-50(81)76(8)39(4)56(85)72-53/h37-49,53-54H,12-36H2,1-11H3,(H,70,87)(H,71,84)(H,72,85)(H,73,86)/t37-,38+,39-,40+,41?,42?,44?,45?,46?,47-,48-,49-,53-,54-/m0/s1. The van der Waals surface area contributed by atoms with Crippen LogP contribution >= 0.6 is 11.6 Å². The molecular formula is C64H102ClF4N11O11. The zero-order chi connectivity index (χ0) is 67.6. The van der Waals surface area contributed by atoms with E-state index < -0.39 is 162 Å². The van der Waals surface area contributed by atoms with Crippen LogP contribution in [0, 0.1) is 29.6 Å². The van der Waals surface area contributed by atoms with Crippen molar-refractivity contribution in [1.82, 2.24) is 55.6 Å². The van der Waals surface area contributed by atoms with Gasteiger partial charge in [-0.05, 0) is 147 Å². The van der Waals surface area contributed by atoms with Crippen LogP contribution in [-0.4, -0.2) is 233 Å². The fourth-order valence-corrected chi connectivity index (χ4v) is 15.0. The summed E-state index contributed by atoms with van der Waals surface area (Å²) in [6.45, 7) is 7.12. The maximum absolute atomic E-state index is 15.2. The van der Waals surface area contributed by atoms with Gasteiger partial charge < -0.3 is 55.6 Å². The number of halogens is 5. The third-order valence-corrected chi connectivity index (χ3v) is 21.5. The molecule has 514 valence electrons. The number of carbonyl (C=O) groups is 11. The first-order chi connectivity index (χ1) is 42.7. The minimum absolute atomic E-state index is 0.00654. The quantitative estimate of drug-likeness (QED) is 0.184. The summed E-state index contributed by atoms with van der Waals surface area (Å²) in [5.41, 5.74) is -1.48. The summed E-state index contributed by atoms with van der Waals surface area (Å²) in [6.07, 6.45) is 1.01. The second kappa shape index (κ2) is 32.3. The molecule has 6 fully saturated rings. The van der Waals surface area contributed by atoms with Gasteiger partial charge >= 0.3 is 6.18 Å². The van der Waals surface area contributed by atoms with Crippen molar-refractivity contribution in [2.45, 2.75) is 247 Å². The van der Waals surface area contributed by atoms with Crippen LogP contribution in [0.1, 0.15) is 176 Å². The number of nitrogens with one attached hydrogen (secondary N) is 4. The molecule has 27 heteroatoms. The third-order valence-electron chi connectivity index (χ3n) is 21.0. The minimum Gasteiger partial charge on any atom is -0.351 e. The average molecular weight is 1310 g/mol. The maximum Gasteiger partial charge on any atom is 0.393 e. The lowest BCUT2D eigenvalue weighted by Gasteiger charge is -2.40. The van der Waals surface area contributed by atoms with Gasteiger partial charge in [0.15, 0.2) is 0 Å². The molecule has 91 heavy (non-hydrogen) atoms. The lowest BCUT2D eigenvalue weighted by Crippen LogP contribution is -2.64. The first-order valence-electron chi connectivity index (χ1n) is 33.1. The van der Waals surface area contributed by atoms with Crippen molar-refractivity contribution in [1.29, 1.82) is 0 Å². The van der Waals surface area contributed by atoms with Crippen molar-refractivity contribution in [3.05, 3.63) is 0 Å². The van der Waals surface area contributed by atoms with Gasteiger partial charge in [0, 0.05) is 66.7 Å². The number of nitrogens with zero attached hydrogens (tertiary/aromatic N) is 7. The SMILES string of the molecule is CC[C@H](C)[C@@H]1NC(=O)[C@H](C)N(C)C(=O)C[C@@H](C)NC(=O)[C@H](C2CCCC2)N(C)C(=O)C2(CCCC2)NC(=O)[C@@H]2CCCN2C(=O)[C@H](CCC2CCC(C(F)(F)F)C(Cl)C2)NC(=O)[C@@H](C)N(C)C(=O)[C@H](CC2CCC(F)CC2)N(C)C(=O)CN(C)C(=O)CN(C)C1=O. The first kappa shape index (κ1) is 74.2. The van der Waals surface area contributed by atoms with Crippen LogP contribution in [0.15, 0.2) is 0 Å². The Morgan fingerprint density at radius 3 is 1.80 bits per heavy atom. The van der Waals surface area contributed by atoms with Gasteiger partial charge in [-0.1, -0.05) is 46.0 Å².